The van der Waals surface area contributed by atoms with Gasteiger partial charge in [-0.05, 0) is 29.0 Å². The third-order valence-corrected chi connectivity index (χ3v) is 3.22. The molecule has 5 heteroatoms. The Hall–Kier alpha value is -3.08. The summed E-state index contributed by atoms with van der Waals surface area (Å²) in [5.41, 5.74) is 12.3. The molecular formula is C16H14N4O. The monoisotopic (exact) mass is 278 g/mol. The van der Waals surface area contributed by atoms with E-state index in [1.54, 1.807) is 6.07 Å². The highest BCUT2D eigenvalue weighted by Gasteiger charge is 2.08. The number of amides is 1. The van der Waals surface area contributed by atoms with Crippen LogP contribution in [-0.2, 0) is 0 Å². The van der Waals surface area contributed by atoms with Crippen LogP contribution < -0.4 is 16.8 Å². The van der Waals surface area contributed by atoms with Gasteiger partial charge in [-0.3, -0.25) is 4.79 Å². The van der Waals surface area contributed by atoms with Gasteiger partial charge in [0, 0.05) is 5.69 Å². The number of pyridine rings is 1. The normalized spacial score (nSPS) is 10.5. The molecule has 5 N–H and O–H groups in total. The van der Waals surface area contributed by atoms with Crippen molar-refractivity contribution < 1.29 is 4.79 Å². The Balaban J connectivity index is 1.94. The van der Waals surface area contributed by atoms with Crippen LogP contribution in [0.5, 0.6) is 0 Å². The molecule has 0 aliphatic carbocycles. The van der Waals surface area contributed by atoms with Crippen molar-refractivity contribution in [3.05, 3.63) is 60.3 Å². The molecule has 3 aromatic rings. The molecule has 0 spiro atoms. The third-order valence-electron chi connectivity index (χ3n) is 3.22. The molecule has 0 bridgehead atoms. The number of rotatable bonds is 3. The Kier molecular flexibility index (Phi) is 3.16. The van der Waals surface area contributed by atoms with Gasteiger partial charge in [0.1, 0.15) is 5.82 Å². The Labute approximate surface area is 121 Å². The number of hydrogen-bond acceptors (Lipinski definition) is 4. The second-order valence-corrected chi connectivity index (χ2v) is 4.71. The van der Waals surface area contributed by atoms with Gasteiger partial charge in [-0.25, -0.2) is 4.98 Å². The van der Waals surface area contributed by atoms with Crippen molar-refractivity contribution in [3.63, 3.8) is 0 Å². The van der Waals surface area contributed by atoms with Crippen LogP contribution in [0.15, 0.2) is 54.7 Å². The van der Waals surface area contributed by atoms with Crippen molar-refractivity contribution in [2.24, 2.45) is 5.73 Å². The van der Waals surface area contributed by atoms with E-state index < -0.39 is 5.91 Å². The van der Waals surface area contributed by atoms with Crippen LogP contribution in [0.3, 0.4) is 0 Å². The summed E-state index contributed by atoms with van der Waals surface area (Å²) >= 11 is 0. The summed E-state index contributed by atoms with van der Waals surface area (Å²) in [6.45, 7) is 0. The van der Waals surface area contributed by atoms with Gasteiger partial charge in [0.2, 0.25) is 0 Å². The third kappa shape index (κ3) is 2.62. The molecule has 1 aromatic heterocycles. The Bertz CT molecular complexity index is 829. The van der Waals surface area contributed by atoms with Gasteiger partial charge in [-0.15, -0.1) is 0 Å². The van der Waals surface area contributed by atoms with E-state index in [1.807, 2.05) is 42.5 Å². The van der Waals surface area contributed by atoms with Crippen LogP contribution in [0.4, 0.5) is 17.2 Å². The zero-order valence-electron chi connectivity index (χ0n) is 11.2. The van der Waals surface area contributed by atoms with Crippen LogP contribution in [0.25, 0.3) is 10.8 Å². The summed E-state index contributed by atoms with van der Waals surface area (Å²) in [5, 5.41) is 5.42. The minimum Gasteiger partial charge on any atom is -0.397 e. The number of benzene rings is 2. The molecule has 2 aromatic carbocycles. The Morgan fingerprint density at radius 2 is 1.81 bits per heavy atom. The summed E-state index contributed by atoms with van der Waals surface area (Å²) in [6, 6.07) is 15.6. The number of aromatic nitrogens is 1. The van der Waals surface area contributed by atoms with E-state index in [4.69, 9.17) is 11.5 Å². The van der Waals surface area contributed by atoms with E-state index in [1.165, 1.54) is 6.20 Å². The average Bonchev–Trinajstić information content (AvgIpc) is 2.49. The van der Waals surface area contributed by atoms with Gasteiger partial charge >= 0.3 is 0 Å². The predicted molar refractivity (Wildman–Crippen MR) is 84.4 cm³/mol. The number of nitrogens with one attached hydrogen (secondary N) is 1. The Morgan fingerprint density at radius 1 is 1.05 bits per heavy atom. The van der Waals surface area contributed by atoms with Crippen molar-refractivity contribution in [2.75, 3.05) is 11.1 Å². The van der Waals surface area contributed by atoms with Gasteiger partial charge in [0.25, 0.3) is 5.91 Å². The molecule has 0 saturated heterocycles. The summed E-state index contributed by atoms with van der Waals surface area (Å²) in [5.74, 6) is -0.0512. The summed E-state index contributed by atoms with van der Waals surface area (Å²) in [6.07, 6.45) is 1.42. The molecule has 5 nitrogen and oxygen atoms in total. The minimum absolute atomic E-state index is 0.258. The average molecular weight is 278 g/mol. The molecule has 0 aliphatic rings. The Morgan fingerprint density at radius 3 is 2.57 bits per heavy atom. The van der Waals surface area contributed by atoms with Crippen molar-refractivity contribution in [1.29, 1.82) is 0 Å². The zero-order chi connectivity index (χ0) is 14.8. The van der Waals surface area contributed by atoms with Crippen molar-refractivity contribution in [2.45, 2.75) is 0 Å². The van der Waals surface area contributed by atoms with Crippen LogP contribution in [0.2, 0.25) is 0 Å². The van der Waals surface area contributed by atoms with Gasteiger partial charge in [-0.2, -0.15) is 0 Å². The van der Waals surface area contributed by atoms with E-state index >= 15 is 0 Å². The van der Waals surface area contributed by atoms with Crippen molar-refractivity contribution >= 4 is 33.9 Å². The first-order valence-corrected chi connectivity index (χ1v) is 6.44. The molecule has 0 fully saturated rings. The minimum atomic E-state index is -0.573. The largest absolute Gasteiger partial charge is 0.397 e. The van der Waals surface area contributed by atoms with Gasteiger partial charge in [0.15, 0.2) is 0 Å². The number of anilines is 3. The number of nitrogen functional groups attached to an aromatic ring is 1. The number of primary amides is 1. The van der Waals surface area contributed by atoms with Crippen molar-refractivity contribution in [3.8, 4) is 0 Å². The maximum Gasteiger partial charge on any atom is 0.250 e. The SMILES string of the molecule is NC(=O)c1cc(Nc2ccc3ccccc3c2)ncc1N. The highest BCUT2D eigenvalue weighted by molar-refractivity contribution is 5.98. The summed E-state index contributed by atoms with van der Waals surface area (Å²) in [7, 11) is 0. The number of hydrogen-bond donors (Lipinski definition) is 3. The molecule has 1 amide bonds. The smallest absolute Gasteiger partial charge is 0.250 e. The lowest BCUT2D eigenvalue weighted by Gasteiger charge is -2.09. The number of carbonyl (C=O) groups excluding carboxylic acids is 1. The zero-order valence-corrected chi connectivity index (χ0v) is 11.2. The topological polar surface area (TPSA) is 94.0 Å². The van der Waals surface area contributed by atoms with E-state index in [0.717, 1.165) is 16.5 Å². The first-order chi connectivity index (χ1) is 10.1. The molecule has 0 atom stereocenters. The van der Waals surface area contributed by atoms with Gasteiger partial charge in [0.05, 0.1) is 17.4 Å². The first kappa shape index (κ1) is 12.9. The second kappa shape index (κ2) is 5.13. The number of fused-ring (bicyclic) bond motifs is 1. The molecule has 0 unspecified atom stereocenters. The quantitative estimate of drug-likeness (QED) is 0.686. The molecule has 104 valence electrons. The van der Waals surface area contributed by atoms with Crippen LogP contribution >= 0.6 is 0 Å². The second-order valence-electron chi connectivity index (χ2n) is 4.71. The van der Waals surface area contributed by atoms with E-state index in [2.05, 4.69) is 10.3 Å². The van der Waals surface area contributed by atoms with Crippen LogP contribution in [0.1, 0.15) is 10.4 Å². The lowest BCUT2D eigenvalue weighted by atomic mass is 10.1. The lowest BCUT2D eigenvalue weighted by molar-refractivity contribution is 0.100. The fourth-order valence-corrected chi connectivity index (χ4v) is 2.16. The number of nitrogens with zero attached hydrogens (tertiary/aromatic N) is 1. The lowest BCUT2D eigenvalue weighted by Crippen LogP contribution is -2.14. The number of carbonyl (C=O) groups is 1. The van der Waals surface area contributed by atoms with E-state index in [-0.39, 0.29) is 11.3 Å². The van der Waals surface area contributed by atoms with E-state index in [0.29, 0.717) is 5.82 Å². The van der Waals surface area contributed by atoms with Crippen LogP contribution in [-0.4, -0.2) is 10.9 Å². The highest BCUT2D eigenvalue weighted by atomic mass is 16.1. The number of nitrogens with two attached hydrogens (primary N) is 2. The molecular weight excluding hydrogens is 264 g/mol. The molecule has 3 rings (SSSR count). The van der Waals surface area contributed by atoms with E-state index in [9.17, 15) is 4.79 Å². The van der Waals surface area contributed by atoms with Gasteiger partial charge in [-0.1, -0.05) is 30.3 Å². The summed E-state index contributed by atoms with van der Waals surface area (Å²) in [4.78, 5) is 15.4. The fourth-order valence-electron chi connectivity index (χ4n) is 2.16. The summed E-state index contributed by atoms with van der Waals surface area (Å²) < 4.78 is 0. The molecule has 1 heterocycles. The van der Waals surface area contributed by atoms with Crippen molar-refractivity contribution in [1.82, 2.24) is 4.98 Å². The fraction of sp³-hybridized carbons (Fsp3) is 0. The maximum atomic E-state index is 11.3. The maximum absolute atomic E-state index is 11.3. The first-order valence-electron chi connectivity index (χ1n) is 6.44. The predicted octanol–water partition coefficient (Wildman–Crippen LogP) is 2.66. The molecule has 0 aliphatic heterocycles. The molecule has 0 radical (unpaired) electrons. The van der Waals surface area contributed by atoms with Crippen LogP contribution in [0, 0.1) is 0 Å². The standard InChI is InChI=1S/C16H14N4O/c17-14-9-19-15(8-13(14)16(18)21)20-12-6-5-10-3-1-2-4-11(10)7-12/h1-9H,17H2,(H2,18,21)(H,19,20). The highest BCUT2D eigenvalue weighted by Crippen LogP contribution is 2.22. The molecule has 0 saturated carbocycles. The van der Waals surface area contributed by atoms with Gasteiger partial charge < -0.3 is 16.8 Å². The molecule has 21 heavy (non-hydrogen) atoms.